The Morgan fingerprint density at radius 3 is 3.00 bits per heavy atom. The van der Waals surface area contributed by atoms with E-state index in [9.17, 15) is 9.90 Å². The molecule has 1 aromatic heterocycles. The van der Waals surface area contributed by atoms with E-state index in [1.54, 1.807) is 0 Å². The van der Waals surface area contributed by atoms with Gasteiger partial charge in [0.15, 0.2) is 0 Å². The lowest BCUT2D eigenvalue weighted by atomic mass is 10.1. The molecule has 0 radical (unpaired) electrons. The van der Waals surface area contributed by atoms with E-state index in [0.29, 0.717) is 18.9 Å². The normalized spacial score (nSPS) is 22.2. The van der Waals surface area contributed by atoms with E-state index in [1.165, 1.54) is 0 Å². The number of para-hydroxylation sites is 1. The summed E-state index contributed by atoms with van der Waals surface area (Å²) in [5.74, 6) is 0.480. The fourth-order valence-electron chi connectivity index (χ4n) is 3.01. The Hall–Kier alpha value is -1.81. The van der Waals surface area contributed by atoms with Gasteiger partial charge in [-0.3, -0.25) is 4.79 Å². The number of hydrogen-bond acceptors (Lipinski definition) is 2. The van der Waals surface area contributed by atoms with Crippen molar-refractivity contribution in [3.63, 3.8) is 0 Å². The molecule has 4 heteroatoms. The van der Waals surface area contributed by atoms with Gasteiger partial charge in [0, 0.05) is 23.6 Å². The molecule has 1 saturated carbocycles. The van der Waals surface area contributed by atoms with Gasteiger partial charge < -0.3 is 15.4 Å². The lowest BCUT2D eigenvalue weighted by molar-refractivity contribution is -0.120. The average molecular weight is 272 g/mol. The first kappa shape index (κ1) is 13.2. The van der Waals surface area contributed by atoms with Gasteiger partial charge in [-0.15, -0.1) is 0 Å². The Morgan fingerprint density at radius 1 is 1.35 bits per heavy atom. The standard InChI is InChI=1S/C16H20N2O2/c19-13-6-5-11(7-13)9-18-16(20)8-12-10-17-15-4-2-1-3-14(12)15/h1-4,10-11,13,17,19H,5-9H2,(H,18,20). The predicted octanol–water partition coefficient (Wildman–Crippen LogP) is 1.99. The number of aliphatic hydroxyl groups excluding tert-OH is 1. The molecule has 0 saturated heterocycles. The summed E-state index contributed by atoms with van der Waals surface area (Å²) in [6.45, 7) is 0.679. The maximum absolute atomic E-state index is 12.0. The van der Waals surface area contributed by atoms with E-state index < -0.39 is 0 Å². The minimum Gasteiger partial charge on any atom is -0.393 e. The highest BCUT2D eigenvalue weighted by Gasteiger charge is 2.23. The van der Waals surface area contributed by atoms with Crippen LogP contribution < -0.4 is 5.32 Å². The Bertz CT molecular complexity index is 605. The van der Waals surface area contributed by atoms with Crippen LogP contribution in [0.3, 0.4) is 0 Å². The van der Waals surface area contributed by atoms with E-state index >= 15 is 0 Å². The van der Waals surface area contributed by atoms with Crippen LogP contribution in [0.15, 0.2) is 30.5 Å². The maximum atomic E-state index is 12.0. The maximum Gasteiger partial charge on any atom is 0.224 e. The summed E-state index contributed by atoms with van der Waals surface area (Å²) in [5.41, 5.74) is 2.10. The van der Waals surface area contributed by atoms with E-state index in [2.05, 4.69) is 10.3 Å². The summed E-state index contributed by atoms with van der Waals surface area (Å²) in [4.78, 5) is 15.2. The highest BCUT2D eigenvalue weighted by molar-refractivity contribution is 5.88. The van der Waals surface area contributed by atoms with Gasteiger partial charge in [-0.2, -0.15) is 0 Å². The monoisotopic (exact) mass is 272 g/mol. The topological polar surface area (TPSA) is 65.1 Å². The lowest BCUT2D eigenvalue weighted by Crippen LogP contribution is -2.29. The summed E-state index contributed by atoms with van der Waals surface area (Å²) >= 11 is 0. The van der Waals surface area contributed by atoms with Crippen molar-refractivity contribution in [2.45, 2.75) is 31.8 Å². The minimum atomic E-state index is -0.175. The number of nitrogens with one attached hydrogen (secondary N) is 2. The Balaban J connectivity index is 1.56. The quantitative estimate of drug-likeness (QED) is 0.797. The smallest absolute Gasteiger partial charge is 0.224 e. The molecule has 0 spiro atoms. The molecule has 3 rings (SSSR count). The predicted molar refractivity (Wildman–Crippen MR) is 78.4 cm³/mol. The number of hydrogen-bond donors (Lipinski definition) is 3. The zero-order valence-corrected chi connectivity index (χ0v) is 11.4. The summed E-state index contributed by atoms with van der Waals surface area (Å²) in [7, 11) is 0. The van der Waals surface area contributed by atoms with E-state index in [-0.39, 0.29) is 12.0 Å². The van der Waals surface area contributed by atoms with Crippen molar-refractivity contribution in [3.05, 3.63) is 36.0 Å². The molecule has 2 unspecified atom stereocenters. The second-order valence-electron chi connectivity index (χ2n) is 5.67. The molecule has 2 atom stereocenters. The number of amides is 1. The van der Waals surface area contributed by atoms with Gasteiger partial charge in [-0.05, 0) is 36.8 Å². The highest BCUT2D eigenvalue weighted by Crippen LogP contribution is 2.24. The van der Waals surface area contributed by atoms with Crippen LogP contribution in [0, 0.1) is 5.92 Å². The number of carbonyl (C=O) groups is 1. The summed E-state index contributed by atoms with van der Waals surface area (Å²) in [6, 6.07) is 8.00. The van der Waals surface area contributed by atoms with Crippen molar-refractivity contribution in [2.24, 2.45) is 5.92 Å². The number of benzene rings is 1. The van der Waals surface area contributed by atoms with Crippen molar-refractivity contribution in [3.8, 4) is 0 Å². The van der Waals surface area contributed by atoms with Gasteiger partial charge in [-0.1, -0.05) is 18.2 Å². The molecular formula is C16H20N2O2. The second kappa shape index (κ2) is 5.67. The number of aromatic amines is 1. The Labute approximate surface area is 118 Å². The molecule has 1 fully saturated rings. The van der Waals surface area contributed by atoms with Crippen LogP contribution in [-0.4, -0.2) is 28.6 Å². The highest BCUT2D eigenvalue weighted by atomic mass is 16.3. The van der Waals surface area contributed by atoms with Gasteiger partial charge in [0.05, 0.1) is 12.5 Å². The van der Waals surface area contributed by atoms with Crippen molar-refractivity contribution >= 4 is 16.8 Å². The van der Waals surface area contributed by atoms with Gasteiger partial charge in [0.1, 0.15) is 0 Å². The van der Waals surface area contributed by atoms with Crippen molar-refractivity contribution in [1.29, 1.82) is 0 Å². The molecule has 3 N–H and O–H groups in total. The SMILES string of the molecule is O=C(Cc1c[nH]c2ccccc12)NCC1CCC(O)C1. The van der Waals surface area contributed by atoms with Gasteiger partial charge in [0.25, 0.3) is 0 Å². The first-order valence-electron chi connectivity index (χ1n) is 7.22. The molecule has 106 valence electrons. The van der Waals surface area contributed by atoms with Crippen molar-refractivity contribution in [2.75, 3.05) is 6.54 Å². The molecule has 1 aliphatic carbocycles. The first-order chi connectivity index (χ1) is 9.72. The zero-order chi connectivity index (χ0) is 13.9. The van der Waals surface area contributed by atoms with E-state index in [0.717, 1.165) is 35.7 Å². The molecule has 4 nitrogen and oxygen atoms in total. The molecule has 1 amide bonds. The largest absolute Gasteiger partial charge is 0.393 e. The number of aliphatic hydroxyl groups is 1. The van der Waals surface area contributed by atoms with Crippen LogP contribution in [0.5, 0.6) is 0 Å². The van der Waals surface area contributed by atoms with Crippen molar-refractivity contribution < 1.29 is 9.90 Å². The molecule has 1 aliphatic rings. The fourth-order valence-corrected chi connectivity index (χ4v) is 3.01. The molecule has 2 aromatic rings. The van der Waals surface area contributed by atoms with Crippen LogP contribution >= 0.6 is 0 Å². The third-order valence-corrected chi connectivity index (χ3v) is 4.13. The first-order valence-corrected chi connectivity index (χ1v) is 7.22. The third-order valence-electron chi connectivity index (χ3n) is 4.13. The minimum absolute atomic E-state index is 0.0520. The number of rotatable bonds is 4. The third kappa shape index (κ3) is 2.85. The zero-order valence-electron chi connectivity index (χ0n) is 11.4. The molecule has 1 aromatic carbocycles. The number of carbonyl (C=O) groups excluding carboxylic acids is 1. The van der Waals surface area contributed by atoms with Crippen LogP contribution in [0.4, 0.5) is 0 Å². The number of aromatic nitrogens is 1. The molecule has 20 heavy (non-hydrogen) atoms. The lowest BCUT2D eigenvalue weighted by Gasteiger charge is -2.10. The van der Waals surface area contributed by atoms with E-state index in [1.807, 2.05) is 30.5 Å². The molecule has 1 heterocycles. The average Bonchev–Trinajstić information content (AvgIpc) is 3.04. The van der Waals surface area contributed by atoms with Crippen LogP contribution in [-0.2, 0) is 11.2 Å². The molecule has 0 aliphatic heterocycles. The van der Waals surface area contributed by atoms with Crippen LogP contribution in [0.2, 0.25) is 0 Å². The summed E-state index contributed by atoms with van der Waals surface area (Å²) < 4.78 is 0. The fraction of sp³-hybridized carbons (Fsp3) is 0.438. The Kier molecular flexibility index (Phi) is 3.74. The second-order valence-corrected chi connectivity index (χ2v) is 5.67. The number of H-pyrrole nitrogens is 1. The van der Waals surface area contributed by atoms with Gasteiger partial charge >= 0.3 is 0 Å². The number of fused-ring (bicyclic) bond motifs is 1. The van der Waals surface area contributed by atoms with Crippen LogP contribution in [0.25, 0.3) is 10.9 Å². The van der Waals surface area contributed by atoms with Gasteiger partial charge in [-0.25, -0.2) is 0 Å². The molecule has 0 bridgehead atoms. The van der Waals surface area contributed by atoms with Gasteiger partial charge in [0.2, 0.25) is 5.91 Å². The van der Waals surface area contributed by atoms with E-state index in [4.69, 9.17) is 0 Å². The Morgan fingerprint density at radius 2 is 2.20 bits per heavy atom. The van der Waals surface area contributed by atoms with Crippen molar-refractivity contribution in [1.82, 2.24) is 10.3 Å². The summed E-state index contributed by atoms with van der Waals surface area (Å²) in [5, 5.41) is 13.6. The summed E-state index contributed by atoms with van der Waals surface area (Å²) in [6.07, 6.45) is 4.82. The van der Waals surface area contributed by atoms with Crippen LogP contribution in [0.1, 0.15) is 24.8 Å². The molecular weight excluding hydrogens is 252 g/mol.